The van der Waals surface area contributed by atoms with E-state index in [1.165, 1.54) is 0 Å². The molecule has 1 fully saturated rings. The maximum absolute atomic E-state index is 13.6. The van der Waals surface area contributed by atoms with Crippen LogP contribution in [0.2, 0.25) is 18.1 Å². The second kappa shape index (κ2) is 16.7. The fourth-order valence-corrected chi connectivity index (χ4v) is 7.11. The fraction of sp³-hybridized carbons (Fsp3) is 0.600. The van der Waals surface area contributed by atoms with Gasteiger partial charge in [0, 0.05) is 37.8 Å². The summed E-state index contributed by atoms with van der Waals surface area (Å²) in [5.74, 6) is 0.386. The Kier molecular flexibility index (Phi) is 13.2. The number of amides is 1. The number of aryl methyl sites for hydroxylation is 1. The number of anilines is 1. The van der Waals surface area contributed by atoms with Crippen molar-refractivity contribution in [3.8, 4) is 5.75 Å². The number of aliphatic hydroxyl groups is 1. The standard InChI is InChI=1S/C40H61N5O7Si/c1-13-23-50-40(10)19-21-44(22-20-40)36-33(34(37(48)49-14-2)51-38(4,5)6)27(3)42-32-25-30(43-45(32)36)35(47)41-26-29(46)24-28-17-15-16-18-31(28)52-53(11,12)39(7,8)9/h13,15-18,25,29,34,46H,1,14,19-24,26H2,2-12H3,(H,41,47)/t29?,34-/m0/s1. The van der Waals surface area contributed by atoms with Gasteiger partial charge in [0.1, 0.15) is 11.6 Å². The molecule has 0 aliphatic carbocycles. The van der Waals surface area contributed by atoms with Crippen LogP contribution >= 0.6 is 0 Å². The Labute approximate surface area is 316 Å². The monoisotopic (exact) mass is 751 g/mol. The van der Waals surface area contributed by atoms with Crippen molar-refractivity contribution in [2.45, 2.75) is 123 Å². The number of nitrogens with one attached hydrogen (secondary N) is 1. The first-order valence-electron chi connectivity index (χ1n) is 18.7. The average molecular weight is 752 g/mol. The minimum absolute atomic E-state index is 0.00542. The normalized spacial score (nSPS) is 16.3. The van der Waals surface area contributed by atoms with E-state index < -0.39 is 38.0 Å². The van der Waals surface area contributed by atoms with Crippen LogP contribution in [-0.4, -0.2) is 90.1 Å². The maximum atomic E-state index is 13.6. The minimum atomic E-state index is -2.11. The van der Waals surface area contributed by atoms with E-state index in [4.69, 9.17) is 28.7 Å². The molecule has 3 heterocycles. The van der Waals surface area contributed by atoms with E-state index in [1.54, 1.807) is 23.6 Å². The second-order valence-corrected chi connectivity index (χ2v) is 21.4. The molecule has 3 aromatic rings. The summed E-state index contributed by atoms with van der Waals surface area (Å²) in [5.41, 5.74) is 1.51. The highest BCUT2D eigenvalue weighted by Crippen LogP contribution is 2.39. The number of aromatic nitrogens is 3. The number of aliphatic hydroxyl groups excluding tert-OH is 1. The Morgan fingerprint density at radius 2 is 1.79 bits per heavy atom. The fourth-order valence-electron chi connectivity index (χ4n) is 6.06. The highest BCUT2D eigenvalue weighted by atomic mass is 28.4. The van der Waals surface area contributed by atoms with Gasteiger partial charge in [-0.25, -0.2) is 9.78 Å². The van der Waals surface area contributed by atoms with Crippen molar-refractivity contribution in [1.29, 1.82) is 0 Å². The molecule has 4 rings (SSSR count). The van der Waals surface area contributed by atoms with Crippen LogP contribution in [0.3, 0.4) is 0 Å². The molecule has 1 saturated heterocycles. The van der Waals surface area contributed by atoms with E-state index in [9.17, 15) is 14.7 Å². The summed E-state index contributed by atoms with van der Waals surface area (Å²) in [6.07, 6.45) is 1.52. The lowest BCUT2D eigenvalue weighted by Crippen LogP contribution is -2.45. The van der Waals surface area contributed by atoms with Crippen molar-refractivity contribution in [3.05, 3.63) is 65.5 Å². The molecule has 0 bridgehead atoms. The number of piperidine rings is 1. The first-order valence-corrected chi connectivity index (χ1v) is 21.6. The van der Waals surface area contributed by atoms with Gasteiger partial charge in [-0.1, -0.05) is 45.0 Å². The molecule has 1 unspecified atom stereocenters. The van der Waals surface area contributed by atoms with E-state index in [1.807, 2.05) is 52.0 Å². The Morgan fingerprint density at radius 3 is 2.40 bits per heavy atom. The maximum Gasteiger partial charge on any atom is 0.340 e. The van der Waals surface area contributed by atoms with E-state index in [-0.39, 0.29) is 29.5 Å². The molecule has 2 aromatic heterocycles. The summed E-state index contributed by atoms with van der Waals surface area (Å²) >= 11 is 0. The number of ether oxygens (including phenoxy) is 3. The summed E-state index contributed by atoms with van der Waals surface area (Å²) in [5, 5.41) is 18.7. The number of esters is 1. The van der Waals surface area contributed by atoms with E-state index >= 15 is 0 Å². The molecule has 2 N–H and O–H groups in total. The predicted molar refractivity (Wildman–Crippen MR) is 210 cm³/mol. The van der Waals surface area contributed by atoms with Crippen molar-refractivity contribution in [2.24, 2.45) is 0 Å². The Bertz CT molecular complexity index is 1750. The molecule has 0 radical (unpaired) electrons. The van der Waals surface area contributed by atoms with E-state index in [2.05, 4.69) is 57.6 Å². The van der Waals surface area contributed by atoms with Crippen molar-refractivity contribution < 1.29 is 33.3 Å². The van der Waals surface area contributed by atoms with Gasteiger partial charge in [-0.15, -0.1) is 6.58 Å². The molecule has 292 valence electrons. The lowest BCUT2D eigenvalue weighted by Gasteiger charge is -2.41. The van der Waals surface area contributed by atoms with Crippen LogP contribution in [-0.2, 0) is 25.4 Å². The number of fused-ring (bicyclic) bond motifs is 1. The predicted octanol–water partition coefficient (Wildman–Crippen LogP) is 6.74. The molecular formula is C40H61N5O7Si. The number of hydrogen-bond donors (Lipinski definition) is 2. The van der Waals surface area contributed by atoms with Gasteiger partial charge in [0.2, 0.25) is 8.32 Å². The summed E-state index contributed by atoms with van der Waals surface area (Å²) in [4.78, 5) is 34.1. The van der Waals surface area contributed by atoms with Crippen molar-refractivity contribution in [2.75, 3.05) is 37.7 Å². The van der Waals surface area contributed by atoms with Gasteiger partial charge >= 0.3 is 5.97 Å². The number of carbonyl (C=O) groups excluding carboxylic acids is 2. The SMILES string of the molecule is C=CCOC1(C)CCN(c2c([C@H](OC(C)(C)C)C(=O)OCC)c(C)nc3cc(C(=O)NCC(O)Cc4ccccc4O[Si](C)(C)C(C)(C)C)nn23)CC1. The van der Waals surface area contributed by atoms with Crippen molar-refractivity contribution >= 4 is 31.7 Å². The number of hydrogen-bond acceptors (Lipinski definition) is 10. The summed E-state index contributed by atoms with van der Waals surface area (Å²) in [7, 11) is -2.11. The van der Waals surface area contributed by atoms with Gasteiger partial charge in [0.25, 0.3) is 5.91 Å². The Hall–Kier alpha value is -3.78. The lowest BCUT2D eigenvalue weighted by molar-refractivity contribution is -0.166. The van der Waals surface area contributed by atoms with Gasteiger partial charge in [-0.05, 0) is 84.1 Å². The minimum Gasteiger partial charge on any atom is -0.543 e. The largest absolute Gasteiger partial charge is 0.543 e. The molecule has 1 aliphatic rings. The lowest BCUT2D eigenvalue weighted by atomic mass is 9.92. The third-order valence-corrected chi connectivity index (χ3v) is 14.4. The van der Waals surface area contributed by atoms with Gasteiger partial charge in [0.15, 0.2) is 17.4 Å². The zero-order valence-electron chi connectivity index (χ0n) is 33.7. The highest BCUT2D eigenvalue weighted by molar-refractivity contribution is 6.74. The van der Waals surface area contributed by atoms with Crippen LogP contribution in [0.15, 0.2) is 43.0 Å². The second-order valence-electron chi connectivity index (χ2n) is 16.7. The quantitative estimate of drug-likeness (QED) is 0.0977. The van der Waals surface area contributed by atoms with E-state index in [0.29, 0.717) is 61.7 Å². The number of nitrogens with zero attached hydrogens (tertiary/aromatic N) is 4. The molecule has 12 nitrogen and oxygen atoms in total. The number of benzene rings is 1. The summed E-state index contributed by atoms with van der Waals surface area (Å²) < 4.78 is 26.2. The smallest absolute Gasteiger partial charge is 0.340 e. The van der Waals surface area contributed by atoms with Gasteiger partial charge in [0.05, 0.1) is 36.1 Å². The molecule has 1 amide bonds. The van der Waals surface area contributed by atoms with Gasteiger partial charge in [-0.2, -0.15) is 9.61 Å². The summed E-state index contributed by atoms with van der Waals surface area (Å²) in [6.45, 7) is 27.9. The first-order chi connectivity index (χ1) is 24.7. The van der Waals surface area contributed by atoms with Crippen LogP contribution in [0.5, 0.6) is 5.75 Å². The van der Waals surface area contributed by atoms with Crippen LogP contribution in [0.4, 0.5) is 5.82 Å². The molecule has 2 atom stereocenters. The molecule has 1 aromatic carbocycles. The summed E-state index contributed by atoms with van der Waals surface area (Å²) in [6, 6.07) is 9.37. The van der Waals surface area contributed by atoms with Crippen molar-refractivity contribution in [3.63, 3.8) is 0 Å². The van der Waals surface area contributed by atoms with Crippen LogP contribution < -0.4 is 14.6 Å². The molecular weight excluding hydrogens is 691 g/mol. The Balaban J connectivity index is 1.65. The van der Waals surface area contributed by atoms with Crippen LogP contribution in [0, 0.1) is 6.92 Å². The molecule has 0 spiro atoms. The van der Waals surface area contributed by atoms with Crippen molar-refractivity contribution in [1.82, 2.24) is 19.9 Å². The van der Waals surface area contributed by atoms with Crippen LogP contribution in [0.1, 0.15) is 102 Å². The zero-order chi connectivity index (χ0) is 39.4. The topological polar surface area (TPSA) is 137 Å². The third kappa shape index (κ3) is 10.5. The number of rotatable bonds is 15. The number of para-hydroxylation sites is 1. The first kappa shape index (κ1) is 42.0. The third-order valence-electron chi connectivity index (χ3n) is 10.0. The molecule has 0 saturated carbocycles. The molecule has 13 heteroatoms. The Morgan fingerprint density at radius 1 is 1.13 bits per heavy atom. The zero-order valence-corrected chi connectivity index (χ0v) is 34.7. The highest BCUT2D eigenvalue weighted by Gasteiger charge is 2.40. The molecule has 53 heavy (non-hydrogen) atoms. The number of carbonyl (C=O) groups is 2. The van der Waals surface area contributed by atoms with Gasteiger partial charge < -0.3 is 34.0 Å². The molecule has 1 aliphatic heterocycles. The van der Waals surface area contributed by atoms with Gasteiger partial charge in [-0.3, -0.25) is 4.79 Å². The van der Waals surface area contributed by atoms with Crippen LogP contribution in [0.25, 0.3) is 5.65 Å². The average Bonchev–Trinajstić information content (AvgIpc) is 3.49. The van der Waals surface area contributed by atoms with E-state index in [0.717, 1.165) is 11.3 Å².